The lowest BCUT2D eigenvalue weighted by Gasteiger charge is -2.27. The first-order chi connectivity index (χ1) is 10.6. The number of para-hydroxylation sites is 1. The van der Waals surface area contributed by atoms with Crippen molar-refractivity contribution in [2.24, 2.45) is 5.92 Å². The molecule has 1 atom stereocenters. The van der Waals surface area contributed by atoms with Gasteiger partial charge in [0.25, 0.3) is 0 Å². The highest BCUT2D eigenvalue weighted by molar-refractivity contribution is 5.95. The van der Waals surface area contributed by atoms with Gasteiger partial charge in [-0.25, -0.2) is 4.79 Å². The highest BCUT2D eigenvalue weighted by Crippen LogP contribution is 2.44. The Kier molecular flexibility index (Phi) is 2.82. The number of hydrogen-bond donors (Lipinski definition) is 2. The lowest BCUT2D eigenvalue weighted by molar-refractivity contribution is 0.505. The van der Waals surface area contributed by atoms with Crippen LogP contribution in [0.5, 0.6) is 0 Å². The maximum atomic E-state index is 12.6. The molecule has 4 rings (SSSR count). The zero-order valence-corrected chi connectivity index (χ0v) is 12.5. The first-order valence-corrected chi connectivity index (χ1v) is 7.51. The van der Waals surface area contributed by atoms with Crippen molar-refractivity contribution in [1.82, 2.24) is 10.2 Å². The molecule has 0 radical (unpaired) electrons. The number of nitrogens with one attached hydrogen (secondary N) is 2. The number of anilines is 2. The predicted molar refractivity (Wildman–Crippen MR) is 85.7 cm³/mol. The van der Waals surface area contributed by atoms with Crippen molar-refractivity contribution in [2.45, 2.75) is 26.2 Å². The Morgan fingerprint density at radius 3 is 2.95 bits per heavy atom. The Balaban J connectivity index is 2.03. The second-order valence-corrected chi connectivity index (χ2v) is 6.18. The molecule has 1 aliphatic heterocycles. The van der Waals surface area contributed by atoms with Crippen molar-refractivity contribution in [3.8, 4) is 0 Å². The third kappa shape index (κ3) is 1.85. The number of fused-ring (bicyclic) bond motifs is 4. The second-order valence-electron chi connectivity index (χ2n) is 6.18. The molecular formula is C17H17N3O2. The molecule has 112 valence electrons. The molecule has 1 aromatic carbocycles. The molecule has 0 bridgehead atoms. The molecule has 0 fully saturated rings. The summed E-state index contributed by atoms with van der Waals surface area (Å²) < 4.78 is 5.54. The molecule has 0 unspecified atom stereocenters. The van der Waals surface area contributed by atoms with Crippen LogP contribution in [-0.2, 0) is 0 Å². The fraction of sp³-hybridized carbons (Fsp3) is 0.294. The van der Waals surface area contributed by atoms with Crippen LogP contribution in [0.2, 0.25) is 0 Å². The summed E-state index contributed by atoms with van der Waals surface area (Å²) in [5, 5.41) is 11.4. The summed E-state index contributed by atoms with van der Waals surface area (Å²) >= 11 is 0. The van der Waals surface area contributed by atoms with Gasteiger partial charge in [-0.1, -0.05) is 26.0 Å². The summed E-state index contributed by atoms with van der Waals surface area (Å²) in [6.45, 7) is 4.31. The topological polar surface area (TPSA) is 70.9 Å². The van der Waals surface area contributed by atoms with Crippen molar-refractivity contribution >= 4 is 22.5 Å². The molecule has 5 nitrogen and oxygen atoms in total. The van der Waals surface area contributed by atoms with Gasteiger partial charge >= 0.3 is 5.63 Å². The molecule has 0 spiro atoms. The van der Waals surface area contributed by atoms with E-state index in [1.807, 2.05) is 24.3 Å². The zero-order chi connectivity index (χ0) is 15.3. The molecule has 1 aliphatic rings. The number of aromatic nitrogens is 2. The maximum absolute atomic E-state index is 12.6. The Hall–Kier alpha value is -2.56. The van der Waals surface area contributed by atoms with Crippen LogP contribution in [0, 0.1) is 5.92 Å². The molecule has 3 aromatic rings. The molecule has 3 heterocycles. The molecule has 2 aromatic heterocycles. The molecular weight excluding hydrogens is 278 g/mol. The number of H-pyrrole nitrogens is 1. The van der Waals surface area contributed by atoms with Crippen LogP contribution in [0.1, 0.15) is 37.3 Å². The van der Waals surface area contributed by atoms with Gasteiger partial charge in [0, 0.05) is 16.9 Å². The van der Waals surface area contributed by atoms with Gasteiger partial charge in [-0.2, -0.15) is 5.10 Å². The Bertz CT molecular complexity index is 908. The first kappa shape index (κ1) is 13.1. The van der Waals surface area contributed by atoms with Crippen LogP contribution in [-0.4, -0.2) is 10.2 Å². The average Bonchev–Trinajstić information content (AvgIpc) is 2.95. The van der Waals surface area contributed by atoms with E-state index in [1.54, 1.807) is 6.20 Å². The van der Waals surface area contributed by atoms with Crippen molar-refractivity contribution in [3.63, 3.8) is 0 Å². The first-order valence-electron chi connectivity index (χ1n) is 7.51. The number of nitrogens with zero attached hydrogens (tertiary/aromatic N) is 1. The van der Waals surface area contributed by atoms with E-state index in [-0.39, 0.29) is 11.5 Å². The SMILES string of the molecule is CC(C)C[C@@H]1c2cn[nH]c2Nc2c1c(=O)oc1ccccc21. The monoisotopic (exact) mass is 295 g/mol. The van der Waals surface area contributed by atoms with Crippen LogP contribution in [0.25, 0.3) is 11.0 Å². The molecule has 0 saturated heterocycles. The zero-order valence-electron chi connectivity index (χ0n) is 12.5. The normalized spacial score (nSPS) is 16.4. The van der Waals surface area contributed by atoms with Crippen LogP contribution in [0.4, 0.5) is 11.5 Å². The number of hydrogen-bond acceptors (Lipinski definition) is 4. The largest absolute Gasteiger partial charge is 0.422 e. The Morgan fingerprint density at radius 1 is 1.32 bits per heavy atom. The lowest BCUT2D eigenvalue weighted by Crippen LogP contribution is -2.22. The summed E-state index contributed by atoms with van der Waals surface area (Å²) in [6.07, 6.45) is 2.68. The summed E-state index contributed by atoms with van der Waals surface area (Å²) in [5.74, 6) is 1.34. The summed E-state index contributed by atoms with van der Waals surface area (Å²) in [4.78, 5) is 12.6. The number of aromatic amines is 1. The smallest absolute Gasteiger partial charge is 0.342 e. The molecule has 5 heteroatoms. The average molecular weight is 295 g/mol. The van der Waals surface area contributed by atoms with Crippen LogP contribution in [0.3, 0.4) is 0 Å². The minimum atomic E-state index is -0.265. The van der Waals surface area contributed by atoms with Crippen LogP contribution >= 0.6 is 0 Å². The van der Waals surface area contributed by atoms with E-state index < -0.39 is 0 Å². The summed E-state index contributed by atoms with van der Waals surface area (Å²) in [7, 11) is 0. The van der Waals surface area contributed by atoms with E-state index in [0.29, 0.717) is 17.1 Å². The van der Waals surface area contributed by atoms with Gasteiger partial charge in [-0.15, -0.1) is 0 Å². The van der Waals surface area contributed by atoms with E-state index >= 15 is 0 Å². The fourth-order valence-corrected chi connectivity index (χ4v) is 3.27. The Labute approximate surface area is 127 Å². The van der Waals surface area contributed by atoms with Crippen molar-refractivity contribution in [2.75, 3.05) is 5.32 Å². The highest BCUT2D eigenvalue weighted by Gasteiger charge is 2.32. The van der Waals surface area contributed by atoms with E-state index in [0.717, 1.165) is 28.9 Å². The number of benzene rings is 1. The maximum Gasteiger partial charge on any atom is 0.342 e. The van der Waals surface area contributed by atoms with Gasteiger partial charge < -0.3 is 9.73 Å². The molecule has 22 heavy (non-hydrogen) atoms. The third-order valence-corrected chi connectivity index (χ3v) is 4.20. The van der Waals surface area contributed by atoms with Crippen LogP contribution < -0.4 is 10.9 Å². The molecule has 2 N–H and O–H groups in total. The Morgan fingerprint density at radius 2 is 2.14 bits per heavy atom. The van der Waals surface area contributed by atoms with E-state index in [1.165, 1.54) is 0 Å². The van der Waals surface area contributed by atoms with Crippen molar-refractivity contribution in [3.05, 3.63) is 52.0 Å². The highest BCUT2D eigenvalue weighted by atomic mass is 16.4. The van der Waals surface area contributed by atoms with Gasteiger partial charge in [0.1, 0.15) is 11.4 Å². The van der Waals surface area contributed by atoms with E-state index in [2.05, 4.69) is 29.4 Å². The standard InChI is InChI=1S/C17H17N3O2/c1-9(2)7-11-12-8-18-20-16(12)19-15-10-5-3-4-6-13(10)22-17(21)14(11)15/h3-6,8-9,11H,7H2,1-2H3,(H2,18,19,20)/t11-/m1/s1. The quantitative estimate of drug-likeness (QED) is 0.706. The van der Waals surface area contributed by atoms with Gasteiger partial charge in [-0.05, 0) is 24.5 Å². The fourth-order valence-electron chi connectivity index (χ4n) is 3.27. The third-order valence-electron chi connectivity index (χ3n) is 4.20. The van der Waals surface area contributed by atoms with Gasteiger partial charge in [0.2, 0.25) is 0 Å². The van der Waals surface area contributed by atoms with Gasteiger partial charge in [0.15, 0.2) is 0 Å². The minimum Gasteiger partial charge on any atom is -0.422 e. The van der Waals surface area contributed by atoms with Gasteiger partial charge in [0.05, 0.1) is 17.4 Å². The lowest BCUT2D eigenvalue weighted by atomic mass is 9.83. The molecule has 0 saturated carbocycles. The second kappa shape index (κ2) is 4.73. The van der Waals surface area contributed by atoms with Crippen LogP contribution in [0.15, 0.2) is 39.7 Å². The molecule has 0 amide bonds. The summed E-state index contributed by atoms with van der Waals surface area (Å²) in [6, 6.07) is 7.61. The van der Waals surface area contributed by atoms with Gasteiger partial charge in [-0.3, -0.25) is 5.10 Å². The predicted octanol–water partition coefficient (Wildman–Crippen LogP) is 3.75. The van der Waals surface area contributed by atoms with Crippen molar-refractivity contribution < 1.29 is 4.42 Å². The summed E-state index contributed by atoms with van der Waals surface area (Å²) in [5.41, 5.74) is 2.92. The van der Waals surface area contributed by atoms with E-state index in [4.69, 9.17) is 4.42 Å². The molecule has 0 aliphatic carbocycles. The number of rotatable bonds is 2. The van der Waals surface area contributed by atoms with Crippen molar-refractivity contribution in [1.29, 1.82) is 0 Å². The van der Waals surface area contributed by atoms with E-state index in [9.17, 15) is 4.79 Å². The minimum absolute atomic E-state index is 0.00542.